The van der Waals surface area contributed by atoms with E-state index in [2.05, 4.69) is 6.58 Å². The van der Waals surface area contributed by atoms with Gasteiger partial charge >= 0.3 is 17.8 Å². The molecule has 2 atom stereocenters. The van der Waals surface area contributed by atoms with Crippen molar-refractivity contribution in [1.82, 2.24) is 0 Å². The normalized spacial score (nSPS) is 14.7. The average molecular weight is 322 g/mol. The summed E-state index contributed by atoms with van der Waals surface area (Å²) in [6.45, 7) is 0.838. The zero-order chi connectivity index (χ0) is 17.3. The molecular weight excluding hydrogens is 304 g/mol. The Kier molecular flexibility index (Phi) is 10.1. The van der Waals surface area contributed by atoms with Crippen molar-refractivity contribution < 1.29 is 47.9 Å². The molecule has 0 rings (SSSR count). The third kappa shape index (κ3) is 9.34. The number of aliphatic hydroxyl groups is 4. The van der Waals surface area contributed by atoms with Gasteiger partial charge < -0.3 is 25.5 Å². The minimum absolute atomic E-state index is 0.833. The van der Waals surface area contributed by atoms with Gasteiger partial charge in [-0.3, -0.25) is 0 Å². The molecule has 21 heavy (non-hydrogen) atoms. The van der Waals surface area contributed by atoms with Crippen LogP contribution in [0.2, 0.25) is 0 Å². The summed E-state index contributed by atoms with van der Waals surface area (Å²) in [7, 11) is 0. The molecule has 0 aliphatic heterocycles. The van der Waals surface area contributed by atoms with Crippen LogP contribution in [0, 0.1) is 0 Å². The van der Waals surface area contributed by atoms with E-state index in [1.54, 1.807) is 0 Å². The zero-order valence-electron chi connectivity index (χ0n) is 10.9. The Morgan fingerprint density at radius 3 is 1.38 bits per heavy atom. The molecule has 6 nitrogen and oxygen atoms in total. The zero-order valence-corrected chi connectivity index (χ0v) is 10.9. The monoisotopic (exact) mass is 322 g/mol. The Morgan fingerprint density at radius 1 is 1.00 bits per heavy atom. The molecule has 0 spiro atoms. The number of rotatable bonds is 8. The first kappa shape index (κ1) is 22.1. The fourth-order valence-corrected chi connectivity index (χ4v) is 1.02. The Hall–Kier alpha value is -1.23. The molecule has 5 N–H and O–H groups in total. The van der Waals surface area contributed by atoms with Crippen molar-refractivity contribution in [3.63, 3.8) is 0 Å². The van der Waals surface area contributed by atoms with E-state index in [1.165, 1.54) is 0 Å². The lowest BCUT2D eigenvalue weighted by Gasteiger charge is -2.29. The highest BCUT2D eigenvalue weighted by molar-refractivity contribution is 5.78. The van der Waals surface area contributed by atoms with Crippen LogP contribution in [-0.4, -0.2) is 68.8 Å². The number of hydrogen-bond donors (Lipinski definition) is 5. The van der Waals surface area contributed by atoms with E-state index in [0.29, 0.717) is 0 Å². The first-order valence-electron chi connectivity index (χ1n) is 5.62. The second-order valence-electron chi connectivity index (χ2n) is 4.03. The van der Waals surface area contributed by atoms with Crippen LogP contribution in [0.3, 0.4) is 0 Å². The molecule has 0 aromatic heterocycles. The summed E-state index contributed by atoms with van der Waals surface area (Å²) in [5.74, 6) is -10.1. The Labute approximate surface area is 117 Å². The minimum Gasteiger partial charge on any atom is -0.478 e. The van der Waals surface area contributed by atoms with Crippen molar-refractivity contribution in [3.8, 4) is 0 Å². The van der Waals surface area contributed by atoms with E-state index in [1.807, 2.05) is 0 Å². The summed E-state index contributed by atoms with van der Waals surface area (Å²) >= 11 is 0. The van der Waals surface area contributed by atoms with E-state index in [-0.39, 0.29) is 0 Å². The minimum atomic E-state index is -4.56. The predicted molar refractivity (Wildman–Crippen MR) is 63.1 cm³/mol. The lowest BCUT2D eigenvalue weighted by atomic mass is 9.99. The van der Waals surface area contributed by atoms with Crippen LogP contribution in [0.25, 0.3) is 0 Å². The molecule has 0 heterocycles. The number of carboxylic acids is 1. The summed E-state index contributed by atoms with van der Waals surface area (Å²) in [6, 6.07) is 0. The number of carbonyl (C=O) groups is 1. The molecule has 0 aliphatic carbocycles. The molecule has 126 valence electrons. The number of alkyl halides is 4. The maximum Gasteiger partial charge on any atom is 0.327 e. The van der Waals surface area contributed by atoms with Gasteiger partial charge in [-0.1, -0.05) is 6.58 Å². The molecular formula is C11H18F4O6. The van der Waals surface area contributed by atoms with Crippen LogP contribution in [0.4, 0.5) is 17.6 Å². The molecule has 0 saturated carbocycles. The summed E-state index contributed by atoms with van der Waals surface area (Å²) < 4.78 is 51.7. The molecule has 10 heteroatoms. The highest BCUT2D eigenvalue weighted by Gasteiger charge is 2.57. The van der Waals surface area contributed by atoms with Gasteiger partial charge in [0.25, 0.3) is 0 Å². The van der Waals surface area contributed by atoms with E-state index < -0.39 is 56.1 Å². The van der Waals surface area contributed by atoms with Crippen molar-refractivity contribution in [2.45, 2.75) is 36.9 Å². The molecule has 2 unspecified atom stereocenters. The van der Waals surface area contributed by atoms with Crippen molar-refractivity contribution in [3.05, 3.63) is 12.7 Å². The van der Waals surface area contributed by atoms with Gasteiger partial charge in [0.05, 0.1) is 25.4 Å². The van der Waals surface area contributed by atoms with E-state index in [9.17, 15) is 22.4 Å². The topological polar surface area (TPSA) is 118 Å². The van der Waals surface area contributed by atoms with Gasteiger partial charge in [0.2, 0.25) is 0 Å². The standard InChI is InChI=1S/C8H14F4O4.C3H4O2/c9-7(10,1-5(15)3-13)8(11,12)2-6(16)4-14;1-2-3(4)5/h5-6,13-16H,1-4H2;2H,1H2,(H,4,5). The third-order valence-corrected chi connectivity index (χ3v) is 2.12. The van der Waals surface area contributed by atoms with E-state index in [4.69, 9.17) is 25.5 Å². The van der Waals surface area contributed by atoms with Crippen LogP contribution in [0.1, 0.15) is 12.8 Å². The number of halogens is 4. The van der Waals surface area contributed by atoms with Crippen molar-refractivity contribution in [2.75, 3.05) is 13.2 Å². The fraction of sp³-hybridized carbons (Fsp3) is 0.727. The number of hydrogen-bond acceptors (Lipinski definition) is 5. The molecule has 0 fully saturated rings. The van der Waals surface area contributed by atoms with Gasteiger partial charge in [-0.05, 0) is 0 Å². The fourth-order valence-electron chi connectivity index (χ4n) is 1.02. The van der Waals surface area contributed by atoms with Crippen molar-refractivity contribution in [2.24, 2.45) is 0 Å². The maximum absolute atomic E-state index is 12.9. The summed E-state index contributed by atoms with van der Waals surface area (Å²) in [5.41, 5.74) is 0. The molecule has 0 aromatic carbocycles. The quantitative estimate of drug-likeness (QED) is 0.317. The third-order valence-electron chi connectivity index (χ3n) is 2.12. The smallest absolute Gasteiger partial charge is 0.327 e. The van der Waals surface area contributed by atoms with Crippen molar-refractivity contribution >= 4 is 5.97 Å². The molecule has 0 saturated heterocycles. The van der Waals surface area contributed by atoms with E-state index in [0.717, 1.165) is 6.08 Å². The summed E-state index contributed by atoms with van der Waals surface area (Å²) in [4.78, 5) is 9.25. The summed E-state index contributed by atoms with van der Waals surface area (Å²) in [6.07, 6.45) is -6.33. The average Bonchev–Trinajstić information content (AvgIpc) is 2.37. The van der Waals surface area contributed by atoms with Crippen LogP contribution in [0.15, 0.2) is 12.7 Å². The number of aliphatic carboxylic acids is 1. The van der Waals surface area contributed by atoms with Crippen LogP contribution in [-0.2, 0) is 4.79 Å². The lowest BCUT2D eigenvalue weighted by molar-refractivity contribution is -0.235. The van der Waals surface area contributed by atoms with E-state index >= 15 is 0 Å². The van der Waals surface area contributed by atoms with Gasteiger partial charge in [-0.15, -0.1) is 0 Å². The van der Waals surface area contributed by atoms with Gasteiger partial charge in [0.15, 0.2) is 0 Å². The predicted octanol–water partition coefficient (Wildman–Crippen LogP) is 0.000600. The first-order valence-corrected chi connectivity index (χ1v) is 5.62. The highest BCUT2D eigenvalue weighted by Crippen LogP contribution is 2.40. The first-order chi connectivity index (χ1) is 9.43. The van der Waals surface area contributed by atoms with Crippen molar-refractivity contribution in [1.29, 1.82) is 0 Å². The Balaban J connectivity index is 0. The molecule has 0 amide bonds. The summed E-state index contributed by atoms with van der Waals surface area (Å²) in [5, 5.41) is 41.5. The Bertz CT molecular complexity index is 302. The maximum atomic E-state index is 12.9. The van der Waals surface area contributed by atoms with Gasteiger partial charge in [0, 0.05) is 18.9 Å². The number of aliphatic hydroxyl groups excluding tert-OH is 4. The molecule has 0 bridgehead atoms. The van der Waals surface area contributed by atoms with Gasteiger partial charge in [0.1, 0.15) is 0 Å². The second kappa shape index (κ2) is 9.66. The van der Waals surface area contributed by atoms with Crippen LogP contribution < -0.4 is 0 Å². The van der Waals surface area contributed by atoms with Gasteiger partial charge in [-0.25, -0.2) is 4.79 Å². The largest absolute Gasteiger partial charge is 0.478 e. The van der Waals surface area contributed by atoms with Crippen LogP contribution >= 0.6 is 0 Å². The number of carboxylic acid groups (broad SMARTS) is 1. The van der Waals surface area contributed by atoms with Gasteiger partial charge in [-0.2, -0.15) is 17.6 Å². The Morgan fingerprint density at radius 2 is 1.24 bits per heavy atom. The second-order valence-corrected chi connectivity index (χ2v) is 4.03. The molecule has 0 radical (unpaired) electrons. The molecule has 0 aliphatic rings. The lowest BCUT2D eigenvalue weighted by Crippen LogP contribution is -2.46. The highest BCUT2D eigenvalue weighted by atomic mass is 19.3. The molecule has 0 aromatic rings. The SMILES string of the molecule is C=CC(=O)O.OCC(O)CC(F)(F)C(F)(F)CC(O)CO. The van der Waals surface area contributed by atoms with Crippen LogP contribution in [0.5, 0.6) is 0 Å².